The number of benzene rings is 1. The highest BCUT2D eigenvalue weighted by atomic mass is 16.2. The number of hydrogen-bond donors (Lipinski definition) is 6. The lowest BCUT2D eigenvalue weighted by molar-refractivity contribution is -0.137. The van der Waals surface area contributed by atoms with E-state index in [2.05, 4.69) is 36.6 Å². The molecule has 0 aliphatic carbocycles. The van der Waals surface area contributed by atoms with Gasteiger partial charge in [-0.25, -0.2) is 4.98 Å². The van der Waals surface area contributed by atoms with Gasteiger partial charge in [-0.1, -0.05) is 51.1 Å². The smallest absolute Gasteiger partial charge is 0.247 e. The Balaban J connectivity index is 1.89. The minimum absolute atomic E-state index is 0.0692. The van der Waals surface area contributed by atoms with Crippen molar-refractivity contribution >= 4 is 35.4 Å². The molecule has 4 atom stereocenters. The number of imidazole rings is 1. The van der Waals surface area contributed by atoms with Crippen LogP contribution in [-0.4, -0.2) is 64.1 Å². The van der Waals surface area contributed by atoms with Gasteiger partial charge < -0.3 is 31.6 Å². The van der Waals surface area contributed by atoms with Gasteiger partial charge in [0.05, 0.1) is 5.54 Å². The lowest BCUT2D eigenvalue weighted by atomic mass is 9.84. The molecule has 0 radical (unpaired) electrons. The van der Waals surface area contributed by atoms with Gasteiger partial charge in [-0.3, -0.25) is 24.0 Å². The average molecular weight is 582 g/mol. The molecule has 1 saturated heterocycles. The van der Waals surface area contributed by atoms with Crippen molar-refractivity contribution in [3.8, 4) is 0 Å². The summed E-state index contributed by atoms with van der Waals surface area (Å²) in [6.07, 6.45) is 4.48. The molecule has 1 aliphatic heterocycles. The maximum atomic E-state index is 13.8. The number of aromatic amines is 1. The van der Waals surface area contributed by atoms with Crippen LogP contribution in [0, 0.1) is 11.8 Å². The number of amides is 4. The van der Waals surface area contributed by atoms with Crippen LogP contribution in [0.15, 0.2) is 42.7 Å². The van der Waals surface area contributed by atoms with Gasteiger partial charge in [0.1, 0.15) is 12.1 Å². The topological polar surface area (TPSA) is 174 Å². The summed E-state index contributed by atoms with van der Waals surface area (Å²) in [5.41, 5.74) is -0.746. The normalized spacial score (nSPS) is 24.3. The van der Waals surface area contributed by atoms with Crippen LogP contribution in [0.1, 0.15) is 71.4 Å². The van der Waals surface area contributed by atoms with Gasteiger partial charge in [0.25, 0.3) is 0 Å². The fourth-order valence-electron chi connectivity index (χ4n) is 4.75. The van der Waals surface area contributed by atoms with Crippen LogP contribution in [0.5, 0.6) is 0 Å². The number of rotatable bonds is 9. The molecule has 1 aromatic carbocycles. The van der Waals surface area contributed by atoms with E-state index in [4.69, 9.17) is 0 Å². The maximum absolute atomic E-state index is 13.8. The number of aromatic nitrogens is 2. The second-order valence-electron chi connectivity index (χ2n) is 11.2. The summed E-state index contributed by atoms with van der Waals surface area (Å²) >= 11 is 0. The molecule has 0 unspecified atom stereocenters. The summed E-state index contributed by atoms with van der Waals surface area (Å²) in [4.78, 5) is 73.8. The number of anilines is 1. The molecule has 0 bridgehead atoms. The van der Waals surface area contributed by atoms with Crippen molar-refractivity contribution in [2.24, 2.45) is 11.8 Å². The van der Waals surface area contributed by atoms with Crippen molar-refractivity contribution in [2.75, 3.05) is 18.4 Å². The number of hydrogen-bond acceptors (Lipinski definition) is 7. The highest BCUT2D eigenvalue weighted by molar-refractivity contribution is 5.97. The van der Waals surface area contributed by atoms with Crippen molar-refractivity contribution in [1.29, 1.82) is 0 Å². The molecule has 4 amide bonds. The van der Waals surface area contributed by atoms with E-state index in [1.54, 1.807) is 70.4 Å². The van der Waals surface area contributed by atoms with E-state index in [1.165, 1.54) is 0 Å². The first-order valence-corrected chi connectivity index (χ1v) is 14.6. The van der Waals surface area contributed by atoms with Crippen LogP contribution in [0.3, 0.4) is 0 Å². The second kappa shape index (κ2) is 15.1. The van der Waals surface area contributed by atoms with E-state index < -0.39 is 41.3 Å². The third kappa shape index (κ3) is 8.89. The molecule has 12 nitrogen and oxygen atoms in total. The molecule has 2 aromatic rings. The van der Waals surface area contributed by atoms with E-state index in [0.717, 1.165) is 0 Å². The number of carbonyl (C=O) groups is 5. The zero-order valence-electron chi connectivity index (χ0n) is 24.8. The molecular formula is C30H43N7O5. The van der Waals surface area contributed by atoms with Crippen LogP contribution in [0.4, 0.5) is 5.95 Å². The van der Waals surface area contributed by atoms with Crippen molar-refractivity contribution in [3.63, 3.8) is 0 Å². The van der Waals surface area contributed by atoms with Crippen molar-refractivity contribution in [2.45, 2.75) is 77.4 Å². The number of nitrogens with one attached hydrogen (secondary N) is 6. The van der Waals surface area contributed by atoms with Crippen LogP contribution < -0.4 is 26.6 Å². The van der Waals surface area contributed by atoms with E-state index >= 15 is 0 Å². The molecule has 6 N–H and O–H groups in total. The maximum Gasteiger partial charge on any atom is 0.247 e. The van der Waals surface area contributed by atoms with Crippen LogP contribution in [-0.2, 0) is 24.0 Å². The quantitative estimate of drug-likeness (QED) is 0.246. The van der Waals surface area contributed by atoms with Gasteiger partial charge in [-0.15, -0.1) is 0 Å². The Morgan fingerprint density at radius 3 is 2.45 bits per heavy atom. The summed E-state index contributed by atoms with van der Waals surface area (Å²) in [5.74, 6) is -2.52. The van der Waals surface area contributed by atoms with Crippen LogP contribution in [0.2, 0.25) is 0 Å². The Morgan fingerprint density at radius 1 is 1.07 bits per heavy atom. The predicted octanol–water partition coefficient (Wildman–Crippen LogP) is 1.98. The molecule has 3 rings (SSSR count). The number of ketones is 1. The van der Waals surface area contributed by atoms with E-state index in [-0.39, 0.29) is 43.4 Å². The van der Waals surface area contributed by atoms with Gasteiger partial charge in [-0.2, -0.15) is 0 Å². The predicted molar refractivity (Wildman–Crippen MR) is 158 cm³/mol. The first-order valence-electron chi connectivity index (χ1n) is 14.6. The number of H-pyrrole nitrogens is 1. The lowest BCUT2D eigenvalue weighted by Crippen LogP contribution is -2.57. The lowest BCUT2D eigenvalue weighted by Gasteiger charge is -2.33. The standard InChI is InChI=1S/C30H43N7O5/c1-5-22-27(41)36-24(20-10-7-6-8-11-20)28(42)31-15-13-30(4,37-25(39)19(2)3)23(38)18-21(26(40)35-22)12-9-14-32-29-33-16-17-34-29/h6-8,10-11,16-17,19,21-22,24H,5,9,12-15,18H2,1-4H3,(H,31,42)(H,35,40)(H,36,41)(H,37,39)(H2,32,33,34)/t21-,22+,24-,30-/m1/s1. The third-order valence-corrected chi connectivity index (χ3v) is 7.51. The molecular weight excluding hydrogens is 538 g/mol. The van der Waals surface area contributed by atoms with Gasteiger partial charge in [0.2, 0.25) is 23.6 Å². The zero-order valence-corrected chi connectivity index (χ0v) is 24.8. The summed E-state index contributed by atoms with van der Waals surface area (Å²) in [6, 6.07) is 6.88. The molecule has 0 spiro atoms. The first-order chi connectivity index (χ1) is 20.0. The molecule has 1 fully saturated rings. The highest BCUT2D eigenvalue weighted by Gasteiger charge is 2.38. The van der Waals surface area contributed by atoms with E-state index in [0.29, 0.717) is 30.9 Å². The molecule has 1 aliphatic rings. The third-order valence-electron chi connectivity index (χ3n) is 7.51. The molecule has 12 heteroatoms. The monoisotopic (exact) mass is 581 g/mol. The molecule has 0 saturated carbocycles. The number of carbonyl (C=O) groups excluding carboxylic acids is 5. The Bertz CT molecular complexity index is 1220. The summed E-state index contributed by atoms with van der Waals surface area (Å²) in [6.45, 7) is 7.43. The Morgan fingerprint density at radius 2 is 1.81 bits per heavy atom. The molecule has 1 aromatic heterocycles. The largest absolute Gasteiger partial charge is 0.356 e. The first kappa shape index (κ1) is 32.3. The van der Waals surface area contributed by atoms with Crippen molar-refractivity contribution < 1.29 is 24.0 Å². The van der Waals surface area contributed by atoms with Gasteiger partial charge >= 0.3 is 0 Å². The van der Waals surface area contributed by atoms with Crippen molar-refractivity contribution in [3.05, 3.63) is 48.3 Å². The zero-order chi connectivity index (χ0) is 30.7. The average Bonchev–Trinajstić information content (AvgIpc) is 3.49. The van der Waals surface area contributed by atoms with Crippen molar-refractivity contribution in [1.82, 2.24) is 31.2 Å². The minimum atomic E-state index is -1.32. The molecule has 42 heavy (non-hydrogen) atoms. The fourth-order valence-corrected chi connectivity index (χ4v) is 4.75. The SMILES string of the molecule is CC[C@@H]1NC(=O)[C@H](CCCNc2ncc[nH]2)CC(=O)[C@](C)(NC(=O)C(C)C)CCNC(=O)[C@@H](c2ccccc2)NC1=O. The molecule has 2 heterocycles. The van der Waals surface area contributed by atoms with Gasteiger partial charge in [0.15, 0.2) is 11.7 Å². The Kier molecular flexibility index (Phi) is 11.6. The molecule has 228 valence electrons. The van der Waals surface area contributed by atoms with E-state index in [1.807, 2.05) is 0 Å². The number of nitrogens with zero attached hydrogens (tertiary/aromatic N) is 1. The van der Waals surface area contributed by atoms with Crippen LogP contribution >= 0.6 is 0 Å². The van der Waals surface area contributed by atoms with Gasteiger partial charge in [-0.05, 0) is 38.2 Å². The highest BCUT2D eigenvalue weighted by Crippen LogP contribution is 2.22. The summed E-state index contributed by atoms with van der Waals surface area (Å²) in [5, 5.41) is 14.4. The number of Topliss-reactive ketones (excluding diaryl/α,β-unsaturated/α-hetero) is 1. The van der Waals surface area contributed by atoms with Gasteiger partial charge in [0, 0.05) is 43.7 Å². The Labute approximate surface area is 246 Å². The Hall–Kier alpha value is -4.22. The second-order valence-corrected chi connectivity index (χ2v) is 11.2. The van der Waals surface area contributed by atoms with Crippen LogP contribution in [0.25, 0.3) is 0 Å². The summed E-state index contributed by atoms with van der Waals surface area (Å²) < 4.78 is 0. The minimum Gasteiger partial charge on any atom is -0.356 e. The summed E-state index contributed by atoms with van der Waals surface area (Å²) in [7, 11) is 0. The van der Waals surface area contributed by atoms with E-state index in [9.17, 15) is 24.0 Å². The fraction of sp³-hybridized carbons (Fsp3) is 0.533.